The van der Waals surface area contributed by atoms with Crippen LogP contribution in [0.2, 0.25) is 0 Å². The molecule has 1 N–H and O–H groups in total. The zero-order chi connectivity index (χ0) is 23.3. The molecule has 0 aliphatic heterocycles. The summed E-state index contributed by atoms with van der Waals surface area (Å²) in [6.45, 7) is 3.71. The number of alkyl halides is 3. The first-order valence-electron chi connectivity index (χ1n) is 9.91. The number of methoxy groups -OCH3 is 1. The molecule has 0 radical (unpaired) electrons. The van der Waals surface area contributed by atoms with Gasteiger partial charge >= 0.3 is 6.18 Å². The summed E-state index contributed by atoms with van der Waals surface area (Å²) in [6, 6.07) is 14.5. The second kappa shape index (κ2) is 9.82. The van der Waals surface area contributed by atoms with E-state index in [2.05, 4.69) is 10.3 Å². The number of benzene rings is 2. The van der Waals surface area contributed by atoms with Gasteiger partial charge in [-0.25, -0.2) is 0 Å². The van der Waals surface area contributed by atoms with E-state index in [1.54, 1.807) is 50.4 Å². The molecule has 5 nitrogen and oxygen atoms in total. The Hall–Kier alpha value is -3.39. The van der Waals surface area contributed by atoms with Crippen LogP contribution in [0.3, 0.4) is 0 Å². The van der Waals surface area contributed by atoms with Gasteiger partial charge in [0.1, 0.15) is 11.5 Å². The Morgan fingerprint density at radius 1 is 1.06 bits per heavy atom. The van der Waals surface area contributed by atoms with Crippen molar-refractivity contribution in [2.45, 2.75) is 32.5 Å². The fourth-order valence-electron chi connectivity index (χ4n) is 3.03. The van der Waals surface area contributed by atoms with Crippen LogP contribution in [0.15, 0.2) is 60.7 Å². The first-order valence-corrected chi connectivity index (χ1v) is 9.91. The quantitative estimate of drug-likeness (QED) is 0.483. The fraction of sp³-hybridized carbons (Fsp3) is 0.250. The van der Waals surface area contributed by atoms with Gasteiger partial charge in [-0.2, -0.15) is 13.2 Å². The minimum Gasteiger partial charge on any atom is -0.457 e. The van der Waals surface area contributed by atoms with Crippen molar-refractivity contribution in [3.05, 3.63) is 83.2 Å². The lowest BCUT2D eigenvalue weighted by molar-refractivity contribution is -0.137. The molecule has 2 aromatic carbocycles. The molecule has 1 aromatic heterocycles. The van der Waals surface area contributed by atoms with Gasteiger partial charge in [0.2, 0.25) is 0 Å². The molecule has 0 spiro atoms. The number of nitrogens with zero attached hydrogens (tertiary/aromatic N) is 1. The van der Waals surface area contributed by atoms with E-state index < -0.39 is 11.7 Å². The van der Waals surface area contributed by atoms with E-state index in [0.717, 1.165) is 17.8 Å². The van der Waals surface area contributed by atoms with E-state index >= 15 is 0 Å². The highest BCUT2D eigenvalue weighted by atomic mass is 19.4. The molecule has 1 atom stereocenters. The molecule has 1 heterocycles. The van der Waals surface area contributed by atoms with Crippen LogP contribution in [0.1, 0.15) is 34.2 Å². The Bertz CT molecular complexity index is 1080. The second-order valence-corrected chi connectivity index (χ2v) is 7.29. The summed E-state index contributed by atoms with van der Waals surface area (Å²) in [5, 5.41) is 2.79. The number of anilines is 1. The number of amides is 1. The Balaban J connectivity index is 1.68. The van der Waals surface area contributed by atoms with Crippen molar-refractivity contribution in [2.24, 2.45) is 0 Å². The van der Waals surface area contributed by atoms with Gasteiger partial charge in [0.15, 0.2) is 0 Å². The van der Waals surface area contributed by atoms with E-state index in [1.165, 1.54) is 12.1 Å². The Morgan fingerprint density at radius 3 is 2.41 bits per heavy atom. The Labute approximate surface area is 184 Å². The summed E-state index contributed by atoms with van der Waals surface area (Å²) < 4.78 is 48.9. The van der Waals surface area contributed by atoms with E-state index in [0.29, 0.717) is 29.1 Å². The highest BCUT2D eigenvalue weighted by Crippen LogP contribution is 2.31. The van der Waals surface area contributed by atoms with Gasteiger partial charge in [-0.1, -0.05) is 6.07 Å². The van der Waals surface area contributed by atoms with E-state index in [4.69, 9.17) is 9.47 Å². The van der Waals surface area contributed by atoms with Crippen LogP contribution < -0.4 is 10.1 Å². The SMILES string of the molecule is COC(C)Cc1ccc(C(=O)Nc2cccc(Oc3ccc(C(F)(F)F)cc3)c2)c(C)n1. The van der Waals surface area contributed by atoms with Crippen LogP contribution in [0.4, 0.5) is 18.9 Å². The van der Waals surface area contributed by atoms with Gasteiger partial charge in [0.25, 0.3) is 5.91 Å². The summed E-state index contributed by atoms with van der Waals surface area (Å²) in [4.78, 5) is 17.2. The molecule has 32 heavy (non-hydrogen) atoms. The first kappa shape index (κ1) is 23.3. The molecule has 3 aromatic rings. The number of carbonyl (C=O) groups excluding carboxylic acids is 1. The lowest BCUT2D eigenvalue weighted by atomic mass is 10.1. The van der Waals surface area contributed by atoms with Crippen LogP contribution >= 0.6 is 0 Å². The van der Waals surface area contributed by atoms with Crippen molar-refractivity contribution in [1.29, 1.82) is 0 Å². The van der Waals surface area contributed by atoms with E-state index in [-0.39, 0.29) is 17.8 Å². The Morgan fingerprint density at radius 2 is 1.78 bits per heavy atom. The molecule has 0 bridgehead atoms. The molecular formula is C24H23F3N2O3. The van der Waals surface area contributed by atoms with Crippen molar-refractivity contribution < 1.29 is 27.4 Å². The number of hydrogen-bond donors (Lipinski definition) is 1. The molecule has 0 fully saturated rings. The fourth-order valence-corrected chi connectivity index (χ4v) is 3.03. The lowest BCUT2D eigenvalue weighted by Crippen LogP contribution is -2.16. The van der Waals surface area contributed by atoms with Gasteiger partial charge in [-0.3, -0.25) is 9.78 Å². The number of rotatable bonds is 7. The number of pyridine rings is 1. The third-order valence-corrected chi connectivity index (χ3v) is 4.80. The largest absolute Gasteiger partial charge is 0.457 e. The van der Waals surface area contributed by atoms with Crippen LogP contribution in [-0.4, -0.2) is 24.1 Å². The zero-order valence-corrected chi connectivity index (χ0v) is 17.9. The number of aryl methyl sites for hydroxylation is 1. The summed E-state index contributed by atoms with van der Waals surface area (Å²) >= 11 is 0. The number of aromatic nitrogens is 1. The molecule has 168 valence electrons. The molecule has 0 saturated carbocycles. The molecule has 0 saturated heterocycles. The monoisotopic (exact) mass is 444 g/mol. The average Bonchev–Trinajstić information content (AvgIpc) is 2.73. The summed E-state index contributed by atoms with van der Waals surface area (Å²) in [5.41, 5.74) is 1.60. The topological polar surface area (TPSA) is 60.5 Å². The standard InChI is InChI=1S/C24H23F3N2O3/c1-15(31-3)13-19-9-12-22(16(2)28-19)23(30)29-18-5-4-6-21(14-18)32-20-10-7-17(8-11-20)24(25,26)27/h4-12,14-15H,13H2,1-3H3,(H,29,30). The third kappa shape index (κ3) is 6.07. The van der Waals surface area contributed by atoms with Crippen LogP contribution in [-0.2, 0) is 17.3 Å². The molecule has 0 aliphatic rings. The molecule has 8 heteroatoms. The van der Waals surface area contributed by atoms with Crippen molar-refractivity contribution in [2.75, 3.05) is 12.4 Å². The van der Waals surface area contributed by atoms with Gasteiger partial charge in [-0.05, 0) is 62.4 Å². The van der Waals surface area contributed by atoms with Gasteiger partial charge in [0, 0.05) is 31.0 Å². The van der Waals surface area contributed by atoms with E-state index in [1.807, 2.05) is 6.92 Å². The maximum absolute atomic E-state index is 12.7. The van der Waals surface area contributed by atoms with Crippen molar-refractivity contribution in [1.82, 2.24) is 4.98 Å². The summed E-state index contributed by atoms with van der Waals surface area (Å²) in [7, 11) is 1.63. The Kier molecular flexibility index (Phi) is 7.15. The van der Waals surface area contributed by atoms with Crippen molar-refractivity contribution in [3.8, 4) is 11.5 Å². The predicted molar refractivity (Wildman–Crippen MR) is 115 cm³/mol. The zero-order valence-electron chi connectivity index (χ0n) is 17.9. The molecule has 1 amide bonds. The van der Waals surface area contributed by atoms with E-state index in [9.17, 15) is 18.0 Å². The number of hydrogen-bond acceptors (Lipinski definition) is 4. The van der Waals surface area contributed by atoms with Crippen LogP contribution in [0.25, 0.3) is 0 Å². The van der Waals surface area contributed by atoms with Crippen molar-refractivity contribution in [3.63, 3.8) is 0 Å². The highest BCUT2D eigenvalue weighted by molar-refractivity contribution is 6.05. The molecule has 1 unspecified atom stereocenters. The maximum atomic E-state index is 12.7. The molecule has 0 aliphatic carbocycles. The highest BCUT2D eigenvalue weighted by Gasteiger charge is 2.30. The van der Waals surface area contributed by atoms with Gasteiger partial charge in [0.05, 0.1) is 22.9 Å². The van der Waals surface area contributed by atoms with Crippen LogP contribution in [0, 0.1) is 6.92 Å². The summed E-state index contributed by atoms with van der Waals surface area (Å²) in [5.74, 6) is 0.303. The smallest absolute Gasteiger partial charge is 0.416 e. The number of ether oxygens (including phenoxy) is 2. The number of nitrogens with one attached hydrogen (secondary N) is 1. The van der Waals surface area contributed by atoms with Crippen LogP contribution in [0.5, 0.6) is 11.5 Å². The maximum Gasteiger partial charge on any atom is 0.416 e. The second-order valence-electron chi connectivity index (χ2n) is 7.29. The predicted octanol–water partition coefficient (Wildman–Crippen LogP) is 6.03. The number of carbonyl (C=O) groups is 1. The molecular weight excluding hydrogens is 421 g/mol. The third-order valence-electron chi connectivity index (χ3n) is 4.80. The minimum atomic E-state index is -4.41. The normalized spacial score (nSPS) is 12.3. The van der Waals surface area contributed by atoms with Gasteiger partial charge < -0.3 is 14.8 Å². The average molecular weight is 444 g/mol. The number of halogens is 3. The first-order chi connectivity index (χ1) is 15.2. The summed E-state index contributed by atoms with van der Waals surface area (Å²) in [6.07, 6.45) is -3.74. The van der Waals surface area contributed by atoms with Crippen molar-refractivity contribution >= 4 is 11.6 Å². The lowest BCUT2D eigenvalue weighted by Gasteiger charge is -2.12. The minimum absolute atomic E-state index is 0.0222. The van der Waals surface area contributed by atoms with Gasteiger partial charge in [-0.15, -0.1) is 0 Å². The molecule has 3 rings (SSSR count).